The molecule has 25 heavy (non-hydrogen) atoms. The van der Waals surface area contributed by atoms with Crippen LogP contribution in [0.2, 0.25) is 0 Å². The number of rotatable bonds is 5. The van der Waals surface area contributed by atoms with Crippen LogP contribution in [0.3, 0.4) is 0 Å². The fourth-order valence-electron chi connectivity index (χ4n) is 3.19. The number of hydrogen-bond donors (Lipinski definition) is 3. The van der Waals surface area contributed by atoms with Crippen LogP contribution in [0.25, 0.3) is 0 Å². The molecule has 134 valence electrons. The molecule has 0 spiro atoms. The number of carbonyl (C=O) groups excluding carboxylic acids is 2. The Hall–Kier alpha value is -2.09. The molecule has 0 aliphatic carbocycles. The molecule has 0 aromatic heterocycles. The number of allylic oxidation sites excluding steroid dienone is 2. The minimum atomic E-state index is -0.548. The quantitative estimate of drug-likeness (QED) is 0.421. The lowest BCUT2D eigenvalue weighted by atomic mass is 10.0. The minimum absolute atomic E-state index is 0.171. The van der Waals surface area contributed by atoms with Crippen molar-refractivity contribution in [2.45, 2.75) is 6.04 Å². The van der Waals surface area contributed by atoms with Gasteiger partial charge in [-0.05, 0) is 16.4 Å². The van der Waals surface area contributed by atoms with E-state index in [1.54, 1.807) is 5.48 Å². The maximum Gasteiger partial charge on any atom is 0.265 e. The molecule has 2 aliphatic rings. The standard InChI is InChI=1S/C18H23N3O3S/c22-16(14-25-12-4-5-13-25)20-8-10-21(11-9-20)17(18(23)19-24)15-6-2-1-3-7-15/h1-7,12-13,17,24-25H,8-11,14H2,(H,19,23). The first-order valence-corrected chi connectivity index (χ1v) is 9.97. The fraction of sp³-hybridized carbons (Fsp3) is 0.333. The third-order valence-corrected chi connectivity index (χ3v) is 6.24. The molecule has 1 aromatic carbocycles. The van der Waals surface area contributed by atoms with Gasteiger partial charge in [0, 0.05) is 26.2 Å². The average Bonchev–Trinajstić information content (AvgIpc) is 3.16. The summed E-state index contributed by atoms with van der Waals surface area (Å²) in [6.45, 7) is 2.39. The highest BCUT2D eigenvalue weighted by atomic mass is 32.2. The summed E-state index contributed by atoms with van der Waals surface area (Å²) in [6.07, 6.45) is 3.99. The van der Waals surface area contributed by atoms with Crippen molar-refractivity contribution in [3.63, 3.8) is 0 Å². The Kier molecular flexibility index (Phi) is 5.91. The van der Waals surface area contributed by atoms with E-state index in [1.807, 2.05) is 52.3 Å². The normalized spacial score (nSPS) is 19.9. The van der Waals surface area contributed by atoms with Crippen LogP contribution in [-0.2, 0) is 9.59 Å². The van der Waals surface area contributed by atoms with E-state index in [1.165, 1.54) is 0 Å². The van der Waals surface area contributed by atoms with Crippen molar-refractivity contribution in [3.8, 4) is 0 Å². The first-order chi connectivity index (χ1) is 12.2. The Morgan fingerprint density at radius 1 is 1.08 bits per heavy atom. The second kappa shape index (κ2) is 8.33. The Morgan fingerprint density at radius 3 is 2.32 bits per heavy atom. The lowest BCUT2D eigenvalue weighted by Gasteiger charge is -2.38. The molecule has 2 amide bonds. The van der Waals surface area contributed by atoms with Crippen LogP contribution in [0.1, 0.15) is 11.6 Å². The molecule has 0 radical (unpaired) electrons. The SMILES string of the molecule is O=C(NO)C(c1ccccc1)N1CCN(C(=O)C[SH]2C=CC=C2)CC1. The molecule has 2 aliphatic heterocycles. The Morgan fingerprint density at radius 2 is 1.72 bits per heavy atom. The first kappa shape index (κ1) is 17.7. The topological polar surface area (TPSA) is 72.9 Å². The lowest BCUT2D eigenvalue weighted by Crippen LogP contribution is -2.52. The lowest BCUT2D eigenvalue weighted by molar-refractivity contribution is -0.137. The summed E-state index contributed by atoms with van der Waals surface area (Å²) in [5.74, 6) is 0.280. The van der Waals surface area contributed by atoms with E-state index in [0.717, 1.165) is 5.56 Å². The van der Waals surface area contributed by atoms with Gasteiger partial charge in [0.05, 0.1) is 5.75 Å². The van der Waals surface area contributed by atoms with Gasteiger partial charge in [-0.25, -0.2) is 16.4 Å². The van der Waals surface area contributed by atoms with Gasteiger partial charge in [-0.1, -0.05) is 42.5 Å². The minimum Gasteiger partial charge on any atom is -0.339 e. The number of carbonyl (C=O) groups is 2. The van der Waals surface area contributed by atoms with Gasteiger partial charge >= 0.3 is 0 Å². The second-order valence-electron chi connectivity index (χ2n) is 6.06. The van der Waals surface area contributed by atoms with E-state index in [9.17, 15) is 9.59 Å². The fourth-order valence-corrected chi connectivity index (χ4v) is 4.65. The number of piperazine rings is 1. The Balaban J connectivity index is 1.61. The molecule has 2 N–H and O–H groups in total. The number of nitrogens with one attached hydrogen (secondary N) is 1. The van der Waals surface area contributed by atoms with Gasteiger partial charge in [0.1, 0.15) is 6.04 Å². The first-order valence-electron chi connectivity index (χ1n) is 8.30. The van der Waals surface area contributed by atoms with Gasteiger partial charge in [0.2, 0.25) is 5.91 Å². The summed E-state index contributed by atoms with van der Waals surface area (Å²) in [6, 6.07) is 8.84. The summed E-state index contributed by atoms with van der Waals surface area (Å²) < 4.78 is 0. The van der Waals surface area contributed by atoms with Crippen molar-refractivity contribution in [3.05, 3.63) is 58.9 Å². The van der Waals surface area contributed by atoms with Crippen molar-refractivity contribution in [1.82, 2.24) is 15.3 Å². The van der Waals surface area contributed by atoms with Crippen molar-refractivity contribution in [1.29, 1.82) is 0 Å². The molecule has 1 aromatic rings. The predicted molar refractivity (Wildman–Crippen MR) is 99.4 cm³/mol. The van der Waals surface area contributed by atoms with Gasteiger partial charge in [0.15, 0.2) is 0 Å². The van der Waals surface area contributed by atoms with E-state index in [4.69, 9.17) is 5.21 Å². The van der Waals surface area contributed by atoms with Gasteiger partial charge in [-0.2, -0.15) is 0 Å². The molecule has 0 saturated carbocycles. The van der Waals surface area contributed by atoms with Gasteiger partial charge in [0.25, 0.3) is 5.91 Å². The smallest absolute Gasteiger partial charge is 0.265 e. The molecular weight excluding hydrogens is 338 g/mol. The number of amides is 2. The van der Waals surface area contributed by atoms with E-state index in [-0.39, 0.29) is 5.91 Å². The molecule has 2 heterocycles. The third kappa shape index (κ3) is 4.31. The zero-order chi connectivity index (χ0) is 17.6. The molecule has 0 bridgehead atoms. The molecule has 1 atom stereocenters. The van der Waals surface area contributed by atoms with Crippen LogP contribution in [0, 0.1) is 0 Å². The number of benzene rings is 1. The Labute approximate surface area is 150 Å². The van der Waals surface area contributed by atoms with Crippen molar-refractivity contribution < 1.29 is 14.8 Å². The monoisotopic (exact) mass is 361 g/mol. The van der Waals surface area contributed by atoms with E-state index < -0.39 is 22.8 Å². The number of hydrogen-bond acceptors (Lipinski definition) is 4. The highest BCUT2D eigenvalue weighted by Crippen LogP contribution is 2.33. The third-order valence-electron chi connectivity index (χ3n) is 4.49. The zero-order valence-corrected chi connectivity index (χ0v) is 14.8. The molecule has 1 saturated heterocycles. The number of hydroxylamine groups is 1. The summed E-state index contributed by atoms with van der Waals surface area (Å²) in [5, 5.41) is 13.3. The highest BCUT2D eigenvalue weighted by molar-refractivity contribution is 8.22. The molecule has 6 nitrogen and oxygen atoms in total. The van der Waals surface area contributed by atoms with Crippen LogP contribution in [0.5, 0.6) is 0 Å². The van der Waals surface area contributed by atoms with Crippen LogP contribution in [0.15, 0.2) is 53.3 Å². The van der Waals surface area contributed by atoms with Crippen molar-refractivity contribution >= 4 is 22.7 Å². The molecule has 1 fully saturated rings. The zero-order valence-electron chi connectivity index (χ0n) is 13.9. The van der Waals surface area contributed by atoms with Gasteiger partial charge in [-0.15, -0.1) is 0 Å². The summed E-state index contributed by atoms with van der Waals surface area (Å²) in [7, 11) is -0.445. The Bertz CT molecular complexity index is 657. The maximum absolute atomic E-state index is 12.4. The van der Waals surface area contributed by atoms with E-state index in [0.29, 0.717) is 31.9 Å². The number of thiol groups is 1. The second-order valence-corrected chi connectivity index (χ2v) is 8.00. The van der Waals surface area contributed by atoms with Crippen molar-refractivity contribution in [2.24, 2.45) is 0 Å². The molecule has 7 heteroatoms. The van der Waals surface area contributed by atoms with E-state index in [2.05, 4.69) is 10.8 Å². The van der Waals surface area contributed by atoms with Crippen molar-refractivity contribution in [2.75, 3.05) is 31.9 Å². The number of nitrogens with zero attached hydrogens (tertiary/aromatic N) is 2. The van der Waals surface area contributed by atoms with Crippen LogP contribution in [0.4, 0.5) is 0 Å². The maximum atomic E-state index is 12.4. The molecule has 3 rings (SSSR count). The average molecular weight is 361 g/mol. The molecule has 1 unspecified atom stereocenters. The molecular formula is C18H23N3O3S. The largest absolute Gasteiger partial charge is 0.339 e. The van der Waals surface area contributed by atoms with Gasteiger partial charge in [-0.3, -0.25) is 19.7 Å². The highest BCUT2D eigenvalue weighted by Gasteiger charge is 2.31. The summed E-state index contributed by atoms with van der Waals surface area (Å²) >= 11 is 0. The van der Waals surface area contributed by atoms with Crippen LogP contribution >= 0.6 is 10.9 Å². The predicted octanol–water partition coefficient (Wildman–Crippen LogP) is 1.42. The summed E-state index contributed by atoms with van der Waals surface area (Å²) in [5.41, 5.74) is 2.60. The van der Waals surface area contributed by atoms with E-state index >= 15 is 0 Å². The van der Waals surface area contributed by atoms with Crippen LogP contribution in [-0.4, -0.2) is 58.8 Å². The van der Waals surface area contributed by atoms with Crippen LogP contribution < -0.4 is 5.48 Å². The summed E-state index contributed by atoms with van der Waals surface area (Å²) in [4.78, 5) is 28.5. The van der Waals surface area contributed by atoms with Gasteiger partial charge < -0.3 is 4.90 Å².